The molecule has 0 aliphatic rings. The van der Waals surface area contributed by atoms with E-state index in [1.807, 2.05) is 58.0 Å². The molecule has 0 unspecified atom stereocenters. The zero-order chi connectivity index (χ0) is 20.9. The van der Waals surface area contributed by atoms with Gasteiger partial charge in [-0.25, -0.2) is 8.42 Å². The zero-order valence-corrected chi connectivity index (χ0v) is 17.9. The fraction of sp³-hybridized carbons (Fsp3) is 0.381. The third-order valence-electron chi connectivity index (χ3n) is 4.33. The van der Waals surface area contributed by atoms with Crippen molar-refractivity contribution < 1.29 is 17.9 Å². The number of nitrogens with zero attached hydrogens (tertiary/aromatic N) is 1. The molecule has 0 fully saturated rings. The number of nitrogens with one attached hydrogen (secondary N) is 1. The zero-order valence-electron chi connectivity index (χ0n) is 17.1. The summed E-state index contributed by atoms with van der Waals surface area (Å²) in [5.74, 6) is 0.400. The highest BCUT2D eigenvalue weighted by Crippen LogP contribution is 2.23. The monoisotopic (exact) mass is 404 g/mol. The summed E-state index contributed by atoms with van der Waals surface area (Å²) in [5, 5.41) is 2.72. The third-order valence-corrected chi connectivity index (χ3v) is 5.46. The first-order chi connectivity index (χ1) is 13.1. The molecule has 0 spiro atoms. The van der Waals surface area contributed by atoms with E-state index in [4.69, 9.17) is 4.74 Å². The molecule has 0 saturated heterocycles. The molecule has 6 nitrogen and oxygen atoms in total. The van der Waals surface area contributed by atoms with Crippen molar-refractivity contribution in [2.24, 2.45) is 0 Å². The molecule has 1 amide bonds. The molecule has 0 heterocycles. The molecule has 152 valence electrons. The maximum Gasteiger partial charge on any atom is 0.240 e. The van der Waals surface area contributed by atoms with Gasteiger partial charge in [0.15, 0.2) is 0 Å². The van der Waals surface area contributed by atoms with Crippen LogP contribution in [0.3, 0.4) is 0 Å². The number of carbonyl (C=O) groups excluding carboxylic acids is 1. The van der Waals surface area contributed by atoms with Gasteiger partial charge in [0.2, 0.25) is 15.9 Å². The Morgan fingerprint density at radius 1 is 1.00 bits per heavy atom. The van der Waals surface area contributed by atoms with Crippen LogP contribution in [0, 0.1) is 27.7 Å². The molecule has 2 aromatic carbocycles. The summed E-state index contributed by atoms with van der Waals surface area (Å²) in [6, 6.07) is 11.4. The van der Waals surface area contributed by atoms with Gasteiger partial charge in [-0.15, -0.1) is 0 Å². The molecule has 0 radical (unpaired) electrons. The summed E-state index contributed by atoms with van der Waals surface area (Å²) in [5.41, 5.74) is 4.46. The van der Waals surface area contributed by atoms with Crippen LogP contribution in [0.25, 0.3) is 0 Å². The van der Waals surface area contributed by atoms with Gasteiger partial charge < -0.3 is 10.1 Å². The van der Waals surface area contributed by atoms with E-state index in [0.29, 0.717) is 12.3 Å². The fourth-order valence-corrected chi connectivity index (χ4v) is 3.78. The van der Waals surface area contributed by atoms with Crippen molar-refractivity contribution in [3.63, 3.8) is 0 Å². The number of hydrogen-bond acceptors (Lipinski definition) is 4. The Bertz CT molecular complexity index is 955. The van der Waals surface area contributed by atoms with Crippen LogP contribution in [-0.2, 0) is 14.8 Å². The van der Waals surface area contributed by atoms with Gasteiger partial charge in [-0.2, -0.15) is 0 Å². The second-order valence-corrected chi connectivity index (χ2v) is 8.93. The van der Waals surface area contributed by atoms with Gasteiger partial charge in [-0.1, -0.05) is 29.8 Å². The van der Waals surface area contributed by atoms with E-state index in [1.165, 1.54) is 0 Å². The number of carbonyl (C=O) groups is 1. The molecule has 0 bridgehead atoms. The van der Waals surface area contributed by atoms with Crippen molar-refractivity contribution in [1.29, 1.82) is 0 Å². The Kier molecular flexibility index (Phi) is 7.07. The predicted molar refractivity (Wildman–Crippen MR) is 113 cm³/mol. The number of sulfonamides is 1. The average Bonchev–Trinajstić information content (AvgIpc) is 2.59. The maximum atomic E-state index is 12.3. The van der Waals surface area contributed by atoms with Gasteiger partial charge in [0.25, 0.3) is 0 Å². The van der Waals surface area contributed by atoms with Crippen molar-refractivity contribution in [2.45, 2.75) is 27.7 Å². The molecule has 2 rings (SSSR count). The standard InChI is InChI=1S/C21H28N2O4S/c1-15-7-9-19(18(4)12-15)23(28(5,25)26)14-21(24)22-10-11-27-20-13-16(2)6-8-17(20)3/h6-9,12-13H,10-11,14H2,1-5H3,(H,22,24). The van der Waals surface area contributed by atoms with Crippen LogP contribution >= 0.6 is 0 Å². The quantitative estimate of drug-likeness (QED) is 0.687. The van der Waals surface area contributed by atoms with Crippen molar-refractivity contribution in [2.75, 3.05) is 30.3 Å². The maximum absolute atomic E-state index is 12.3. The highest BCUT2D eigenvalue weighted by molar-refractivity contribution is 7.92. The number of benzene rings is 2. The summed E-state index contributed by atoms with van der Waals surface area (Å²) in [6.45, 7) is 8.03. The van der Waals surface area contributed by atoms with Crippen molar-refractivity contribution in [3.8, 4) is 5.75 Å². The first-order valence-corrected chi connectivity index (χ1v) is 10.9. The van der Waals surface area contributed by atoms with Crippen molar-refractivity contribution >= 4 is 21.6 Å². The van der Waals surface area contributed by atoms with E-state index < -0.39 is 10.0 Å². The molecule has 0 saturated carbocycles. The van der Waals surface area contributed by atoms with E-state index in [1.54, 1.807) is 6.07 Å². The smallest absolute Gasteiger partial charge is 0.240 e. The Morgan fingerprint density at radius 3 is 2.29 bits per heavy atom. The molecular formula is C21H28N2O4S. The SMILES string of the molecule is Cc1ccc(N(CC(=O)NCCOc2cc(C)ccc2C)S(C)(=O)=O)c(C)c1. The van der Waals surface area contributed by atoms with E-state index in [-0.39, 0.29) is 19.0 Å². The summed E-state index contributed by atoms with van der Waals surface area (Å²) >= 11 is 0. The van der Waals surface area contributed by atoms with Crippen LogP contribution in [-0.4, -0.2) is 40.3 Å². The third kappa shape index (κ3) is 5.99. The predicted octanol–water partition coefficient (Wildman–Crippen LogP) is 2.88. The molecule has 28 heavy (non-hydrogen) atoms. The van der Waals surface area contributed by atoms with E-state index in [9.17, 15) is 13.2 Å². The van der Waals surface area contributed by atoms with E-state index in [0.717, 1.165) is 38.6 Å². The van der Waals surface area contributed by atoms with Gasteiger partial charge in [0.1, 0.15) is 18.9 Å². The number of anilines is 1. The van der Waals surface area contributed by atoms with E-state index in [2.05, 4.69) is 5.32 Å². The van der Waals surface area contributed by atoms with Crippen LogP contribution in [0.5, 0.6) is 5.75 Å². The van der Waals surface area contributed by atoms with Gasteiger partial charge in [0, 0.05) is 0 Å². The van der Waals surface area contributed by atoms with Gasteiger partial charge >= 0.3 is 0 Å². The number of rotatable bonds is 8. The second kappa shape index (κ2) is 9.10. The first-order valence-electron chi connectivity index (χ1n) is 9.09. The minimum absolute atomic E-state index is 0.272. The lowest BCUT2D eigenvalue weighted by Gasteiger charge is -2.24. The van der Waals surface area contributed by atoms with Crippen LogP contribution < -0.4 is 14.4 Å². The van der Waals surface area contributed by atoms with E-state index >= 15 is 0 Å². The minimum Gasteiger partial charge on any atom is -0.491 e. The molecule has 7 heteroatoms. The molecule has 0 aromatic heterocycles. The van der Waals surface area contributed by atoms with Gasteiger partial charge in [0.05, 0.1) is 18.5 Å². The van der Waals surface area contributed by atoms with Gasteiger partial charge in [-0.3, -0.25) is 9.10 Å². The molecule has 1 N–H and O–H groups in total. The highest BCUT2D eigenvalue weighted by atomic mass is 32.2. The number of ether oxygens (including phenoxy) is 1. The summed E-state index contributed by atoms with van der Waals surface area (Å²) in [6.07, 6.45) is 1.10. The molecule has 2 aromatic rings. The lowest BCUT2D eigenvalue weighted by molar-refractivity contribution is -0.119. The Balaban J connectivity index is 1.96. The normalized spacial score (nSPS) is 11.2. The van der Waals surface area contributed by atoms with Crippen molar-refractivity contribution in [3.05, 3.63) is 58.7 Å². The van der Waals surface area contributed by atoms with Gasteiger partial charge in [-0.05, 0) is 56.5 Å². The first kappa shape index (κ1) is 21.8. The molecule has 0 atom stereocenters. The largest absolute Gasteiger partial charge is 0.491 e. The fourth-order valence-electron chi connectivity index (χ4n) is 2.87. The summed E-state index contributed by atoms with van der Waals surface area (Å²) in [4.78, 5) is 12.3. The second-order valence-electron chi connectivity index (χ2n) is 7.03. The van der Waals surface area contributed by atoms with Crippen molar-refractivity contribution in [1.82, 2.24) is 5.32 Å². The number of hydrogen-bond donors (Lipinski definition) is 1. The van der Waals surface area contributed by atoms with Crippen LogP contribution in [0.15, 0.2) is 36.4 Å². The van der Waals surface area contributed by atoms with Crippen LogP contribution in [0.2, 0.25) is 0 Å². The Hall–Kier alpha value is -2.54. The molecule has 0 aliphatic carbocycles. The summed E-state index contributed by atoms with van der Waals surface area (Å²) < 4.78 is 31.3. The van der Waals surface area contributed by atoms with Crippen LogP contribution in [0.4, 0.5) is 5.69 Å². The number of amides is 1. The number of aryl methyl sites for hydroxylation is 4. The topological polar surface area (TPSA) is 75.7 Å². The molecular weight excluding hydrogens is 376 g/mol. The summed E-state index contributed by atoms with van der Waals surface area (Å²) in [7, 11) is -3.59. The lowest BCUT2D eigenvalue weighted by Crippen LogP contribution is -2.41. The minimum atomic E-state index is -3.59. The lowest BCUT2D eigenvalue weighted by atomic mass is 10.1. The average molecular weight is 405 g/mol. The molecule has 0 aliphatic heterocycles. The highest BCUT2D eigenvalue weighted by Gasteiger charge is 2.22. The Labute approximate surface area is 167 Å². The Morgan fingerprint density at radius 2 is 1.64 bits per heavy atom. The van der Waals surface area contributed by atoms with Crippen LogP contribution in [0.1, 0.15) is 22.3 Å².